The van der Waals surface area contributed by atoms with Gasteiger partial charge in [-0.3, -0.25) is 0 Å². The number of aromatic nitrogens is 4. The Morgan fingerprint density at radius 2 is 0.982 bits per heavy atom. The van der Waals surface area contributed by atoms with Crippen molar-refractivity contribution in [2.75, 3.05) is 54.0 Å². The number of rotatable bonds is 7. The van der Waals surface area contributed by atoms with Crippen LogP contribution in [0.5, 0.6) is 0 Å². The summed E-state index contributed by atoms with van der Waals surface area (Å²) in [6.07, 6.45) is 4.57. The second-order valence-electron chi connectivity index (χ2n) is 15.6. The van der Waals surface area contributed by atoms with Gasteiger partial charge in [-0.1, -0.05) is 6.07 Å². The van der Waals surface area contributed by atoms with E-state index in [1.54, 1.807) is 17.0 Å². The van der Waals surface area contributed by atoms with Crippen molar-refractivity contribution in [2.45, 2.75) is 62.7 Å². The van der Waals surface area contributed by atoms with Crippen molar-refractivity contribution in [3.63, 3.8) is 0 Å². The van der Waals surface area contributed by atoms with E-state index in [1.165, 1.54) is 52.3 Å². The fraction of sp³-hybridized carbons (Fsp3) is 0.381. The van der Waals surface area contributed by atoms with E-state index in [-0.39, 0.29) is 55.3 Å². The number of imidazole rings is 2. The maximum atomic E-state index is 16.4. The Balaban J connectivity index is 1.02. The molecule has 296 valence electrons. The van der Waals surface area contributed by atoms with Gasteiger partial charge in [0.05, 0.1) is 46.2 Å². The number of fused-ring (bicyclic) bond motifs is 2. The Labute approximate surface area is 324 Å². The van der Waals surface area contributed by atoms with Crippen LogP contribution in [0.25, 0.3) is 22.1 Å². The molecule has 4 atom stereocenters. The van der Waals surface area contributed by atoms with Crippen molar-refractivity contribution in [3.05, 3.63) is 112 Å². The SMILES string of the molecule is Fc1cc2nc([C@@H]3CCCN3)[nH]c2cc1C1CC[C@H](c2cc3[nH]c([C@@H]4CCCN4)nc3cc2F)N1c1cc(F)c(N2CCN(c3c(F)cccc3F)CC2)c(F)c1. The standard InChI is InChI=1S/C42H41F6N9/c43-25-4-1-5-26(44)39(25)55-12-14-56(15-13-55)40-29(47)16-22(17-30(40)48)57-37(23-18-33-35(20-27(23)45)53-41(51-33)31-6-2-10-49-31)8-9-38(57)24-19-34-36(21-28(24)46)54-42(52-34)32-7-3-11-50-32/h1,4-5,16-21,31-32,37-38,49-50H,2-3,6-15H2,(H,51,53)(H,52,54)/t31-,32-,37+,38?/m0/s1. The molecule has 6 aromatic rings. The molecule has 0 bridgehead atoms. The highest BCUT2D eigenvalue weighted by atomic mass is 19.2. The maximum Gasteiger partial charge on any atom is 0.151 e. The minimum atomic E-state index is -0.851. The van der Waals surface area contributed by atoms with Gasteiger partial charge in [0.1, 0.15) is 46.3 Å². The van der Waals surface area contributed by atoms with Crippen molar-refractivity contribution in [3.8, 4) is 0 Å². The van der Waals surface area contributed by atoms with Gasteiger partial charge in [-0.25, -0.2) is 36.3 Å². The lowest BCUT2D eigenvalue weighted by atomic mass is 10.0. The Hall–Kier alpha value is -5.28. The molecule has 4 aromatic carbocycles. The molecule has 0 amide bonds. The molecular weight excluding hydrogens is 745 g/mol. The van der Waals surface area contributed by atoms with E-state index < -0.39 is 47.0 Å². The average molecular weight is 786 g/mol. The first kappa shape index (κ1) is 36.1. The van der Waals surface area contributed by atoms with Crippen LogP contribution < -0.4 is 25.3 Å². The Morgan fingerprint density at radius 1 is 0.526 bits per heavy atom. The number of piperazine rings is 1. The number of benzene rings is 4. The lowest BCUT2D eigenvalue weighted by Gasteiger charge is -2.38. The molecule has 9 nitrogen and oxygen atoms in total. The van der Waals surface area contributed by atoms with E-state index >= 15 is 17.6 Å². The summed E-state index contributed by atoms with van der Waals surface area (Å²) in [4.78, 5) is 20.8. The highest BCUT2D eigenvalue weighted by Crippen LogP contribution is 2.50. The first-order valence-corrected chi connectivity index (χ1v) is 19.8. The first-order valence-electron chi connectivity index (χ1n) is 19.8. The van der Waals surface area contributed by atoms with Gasteiger partial charge in [0.2, 0.25) is 0 Å². The van der Waals surface area contributed by atoms with Crippen molar-refractivity contribution >= 4 is 39.1 Å². The molecule has 0 spiro atoms. The molecule has 10 rings (SSSR count). The average Bonchev–Trinajstić information content (AvgIpc) is 4.04. The minimum Gasteiger partial charge on any atom is -0.363 e. The summed E-state index contributed by atoms with van der Waals surface area (Å²) in [5.41, 5.74) is 2.53. The van der Waals surface area contributed by atoms with Crippen molar-refractivity contribution in [1.82, 2.24) is 30.6 Å². The van der Waals surface area contributed by atoms with Crippen LogP contribution in [0.1, 0.15) is 85.5 Å². The molecule has 4 aliphatic heterocycles. The lowest BCUT2D eigenvalue weighted by Crippen LogP contribution is -2.47. The minimum absolute atomic E-state index is 0.0368. The zero-order chi connectivity index (χ0) is 38.9. The number of para-hydroxylation sites is 1. The largest absolute Gasteiger partial charge is 0.363 e. The summed E-state index contributed by atoms with van der Waals surface area (Å²) in [5.74, 6) is -2.70. The van der Waals surface area contributed by atoms with Gasteiger partial charge in [0.15, 0.2) is 11.6 Å². The summed E-state index contributed by atoms with van der Waals surface area (Å²) in [6.45, 7) is 2.23. The Morgan fingerprint density at radius 3 is 1.42 bits per heavy atom. The summed E-state index contributed by atoms with van der Waals surface area (Å²) >= 11 is 0. The molecule has 0 aliphatic carbocycles. The van der Waals surface area contributed by atoms with Crippen LogP contribution in [0, 0.1) is 34.9 Å². The van der Waals surface area contributed by atoms with E-state index in [4.69, 9.17) is 0 Å². The van der Waals surface area contributed by atoms with Gasteiger partial charge in [-0.05, 0) is 88.0 Å². The fourth-order valence-electron chi connectivity index (χ4n) is 9.54. The van der Waals surface area contributed by atoms with Gasteiger partial charge >= 0.3 is 0 Å². The lowest BCUT2D eigenvalue weighted by molar-refractivity contribution is 0.535. The summed E-state index contributed by atoms with van der Waals surface area (Å²) in [6, 6.07) is 10.9. The summed E-state index contributed by atoms with van der Waals surface area (Å²) in [7, 11) is 0. The van der Waals surface area contributed by atoms with Crippen LogP contribution >= 0.6 is 0 Å². The zero-order valence-corrected chi connectivity index (χ0v) is 31.0. The van der Waals surface area contributed by atoms with Gasteiger partial charge in [0.25, 0.3) is 0 Å². The second-order valence-corrected chi connectivity index (χ2v) is 15.6. The number of hydrogen-bond donors (Lipinski definition) is 4. The number of aromatic amines is 2. The molecule has 4 aliphatic rings. The Bertz CT molecular complexity index is 2330. The number of hydrogen-bond acceptors (Lipinski definition) is 7. The first-order chi connectivity index (χ1) is 27.7. The third-order valence-electron chi connectivity index (χ3n) is 12.3. The molecule has 6 heterocycles. The van der Waals surface area contributed by atoms with E-state index in [1.807, 2.05) is 0 Å². The smallest absolute Gasteiger partial charge is 0.151 e. The van der Waals surface area contributed by atoms with E-state index in [0.717, 1.165) is 50.4 Å². The molecule has 4 saturated heterocycles. The Kier molecular flexibility index (Phi) is 9.04. The van der Waals surface area contributed by atoms with Crippen LogP contribution in [0.4, 0.5) is 43.4 Å². The van der Waals surface area contributed by atoms with Gasteiger partial charge in [-0.2, -0.15) is 0 Å². The normalized spacial score (nSPS) is 22.9. The molecule has 15 heteroatoms. The molecule has 0 saturated carbocycles. The van der Waals surface area contributed by atoms with E-state index in [2.05, 4.69) is 30.6 Å². The maximum absolute atomic E-state index is 16.4. The topological polar surface area (TPSA) is 91.1 Å². The monoisotopic (exact) mass is 785 g/mol. The molecule has 1 unspecified atom stereocenters. The molecule has 2 aromatic heterocycles. The molecular formula is C42H41F6N9. The van der Waals surface area contributed by atoms with E-state index in [0.29, 0.717) is 46.0 Å². The van der Waals surface area contributed by atoms with Crippen molar-refractivity contribution in [1.29, 1.82) is 0 Å². The highest BCUT2D eigenvalue weighted by molar-refractivity contribution is 5.78. The van der Waals surface area contributed by atoms with Crippen LogP contribution in [0.2, 0.25) is 0 Å². The van der Waals surface area contributed by atoms with Gasteiger partial charge < -0.3 is 35.3 Å². The summed E-state index contributed by atoms with van der Waals surface area (Å²) < 4.78 is 94.5. The number of nitrogens with one attached hydrogen (secondary N) is 4. The van der Waals surface area contributed by atoms with Crippen molar-refractivity contribution in [2.24, 2.45) is 0 Å². The quantitative estimate of drug-likeness (QED) is 0.121. The van der Waals surface area contributed by atoms with Crippen molar-refractivity contribution < 1.29 is 26.3 Å². The zero-order valence-electron chi connectivity index (χ0n) is 31.0. The van der Waals surface area contributed by atoms with Gasteiger partial charge in [-0.15, -0.1) is 0 Å². The number of H-pyrrole nitrogens is 2. The third-order valence-corrected chi connectivity index (χ3v) is 12.3. The molecule has 4 N–H and O–H groups in total. The fourth-order valence-corrected chi connectivity index (χ4v) is 9.54. The van der Waals surface area contributed by atoms with E-state index in [9.17, 15) is 8.78 Å². The number of nitrogens with zero attached hydrogens (tertiary/aromatic N) is 5. The third kappa shape index (κ3) is 6.35. The van der Waals surface area contributed by atoms with Crippen LogP contribution in [0.15, 0.2) is 54.6 Å². The highest BCUT2D eigenvalue weighted by Gasteiger charge is 2.40. The van der Waals surface area contributed by atoms with Crippen LogP contribution in [0.3, 0.4) is 0 Å². The summed E-state index contributed by atoms with van der Waals surface area (Å²) in [5, 5.41) is 6.82. The second kappa shape index (κ2) is 14.3. The van der Waals surface area contributed by atoms with Crippen LogP contribution in [-0.4, -0.2) is 59.2 Å². The predicted molar refractivity (Wildman–Crippen MR) is 206 cm³/mol. The van der Waals surface area contributed by atoms with Gasteiger partial charge in [0, 0.05) is 55.1 Å². The molecule has 4 fully saturated rings. The molecule has 57 heavy (non-hydrogen) atoms. The number of anilines is 3. The van der Waals surface area contributed by atoms with Crippen LogP contribution in [-0.2, 0) is 0 Å². The number of halogens is 6. The molecule has 0 radical (unpaired) electrons. The predicted octanol–water partition coefficient (Wildman–Crippen LogP) is 8.53.